The van der Waals surface area contributed by atoms with E-state index in [9.17, 15) is 0 Å². The molecule has 2 aromatic rings. The van der Waals surface area contributed by atoms with E-state index in [1.54, 1.807) is 24.8 Å². The highest BCUT2D eigenvalue weighted by Crippen LogP contribution is 2.22. The summed E-state index contributed by atoms with van der Waals surface area (Å²) in [6.45, 7) is 5.63. The zero-order valence-electron chi connectivity index (χ0n) is 11.9. The lowest BCUT2D eigenvalue weighted by atomic mass is 10.1. The molecule has 0 radical (unpaired) electrons. The number of aromatic nitrogens is 3. The van der Waals surface area contributed by atoms with E-state index in [0.717, 1.165) is 30.0 Å². The highest BCUT2D eigenvalue weighted by Gasteiger charge is 2.16. The molecule has 0 saturated heterocycles. The lowest BCUT2D eigenvalue weighted by Gasteiger charge is -2.18. The van der Waals surface area contributed by atoms with Gasteiger partial charge in [-0.3, -0.25) is 15.0 Å². The molecule has 0 spiro atoms. The first-order valence-electron chi connectivity index (χ1n) is 6.92. The topological polar surface area (TPSA) is 59.9 Å². The maximum Gasteiger partial charge on any atom is 0.137 e. The minimum atomic E-state index is -0.0171. The van der Waals surface area contributed by atoms with Crippen LogP contribution >= 0.6 is 0 Å². The molecule has 1 unspecified atom stereocenters. The predicted octanol–water partition coefficient (Wildman–Crippen LogP) is 2.36. The van der Waals surface area contributed by atoms with Crippen molar-refractivity contribution >= 4 is 0 Å². The molecule has 106 valence electrons. The molecular weight excluding hydrogens is 252 g/mol. The molecule has 0 aromatic carbocycles. The molecule has 2 aromatic heterocycles. The molecule has 0 fully saturated rings. The minimum Gasteiger partial charge on any atom is -0.492 e. The summed E-state index contributed by atoms with van der Waals surface area (Å²) in [5.74, 6) is 0.775. The summed E-state index contributed by atoms with van der Waals surface area (Å²) in [6.07, 6.45) is 9.77. The Labute approximate surface area is 119 Å². The van der Waals surface area contributed by atoms with Gasteiger partial charge in [0.15, 0.2) is 0 Å². The average molecular weight is 272 g/mol. The fourth-order valence-corrected chi connectivity index (χ4v) is 1.98. The van der Waals surface area contributed by atoms with Gasteiger partial charge >= 0.3 is 0 Å². The smallest absolute Gasteiger partial charge is 0.137 e. The maximum atomic E-state index is 5.51. The summed E-state index contributed by atoms with van der Waals surface area (Å²) in [5, 5.41) is 3.47. The van der Waals surface area contributed by atoms with Crippen molar-refractivity contribution in [3.05, 3.63) is 48.3 Å². The summed E-state index contributed by atoms with van der Waals surface area (Å²) in [7, 11) is 0. The molecule has 0 aliphatic rings. The molecule has 5 heteroatoms. The molecule has 0 saturated carbocycles. The molecule has 20 heavy (non-hydrogen) atoms. The minimum absolute atomic E-state index is 0.0171. The molecule has 0 amide bonds. The van der Waals surface area contributed by atoms with Crippen LogP contribution in [0.4, 0.5) is 0 Å². The zero-order chi connectivity index (χ0) is 14.2. The number of ether oxygens (including phenoxy) is 1. The van der Waals surface area contributed by atoms with E-state index in [0.29, 0.717) is 6.61 Å². The first kappa shape index (κ1) is 14.4. The van der Waals surface area contributed by atoms with Crippen LogP contribution in [-0.4, -0.2) is 28.1 Å². The quantitative estimate of drug-likeness (QED) is 0.838. The van der Waals surface area contributed by atoms with Crippen LogP contribution in [0.2, 0.25) is 0 Å². The predicted molar refractivity (Wildman–Crippen MR) is 77.6 cm³/mol. The second-order valence-corrected chi connectivity index (χ2v) is 4.40. The van der Waals surface area contributed by atoms with Gasteiger partial charge < -0.3 is 10.1 Å². The number of nitrogens with zero attached hydrogens (tertiary/aromatic N) is 3. The van der Waals surface area contributed by atoms with Gasteiger partial charge in [0.05, 0.1) is 30.7 Å². The van der Waals surface area contributed by atoms with Gasteiger partial charge in [-0.1, -0.05) is 6.92 Å². The summed E-state index contributed by atoms with van der Waals surface area (Å²) in [4.78, 5) is 12.8. The molecular formula is C15H20N4O. The van der Waals surface area contributed by atoms with E-state index < -0.39 is 0 Å². The van der Waals surface area contributed by atoms with Crippen LogP contribution in [0.25, 0.3) is 0 Å². The molecule has 0 aliphatic carbocycles. The number of pyridine rings is 1. The van der Waals surface area contributed by atoms with Gasteiger partial charge in [0.25, 0.3) is 0 Å². The Morgan fingerprint density at radius 1 is 1.15 bits per heavy atom. The van der Waals surface area contributed by atoms with E-state index in [2.05, 4.69) is 27.2 Å². The summed E-state index contributed by atoms with van der Waals surface area (Å²) in [5.41, 5.74) is 1.92. The largest absolute Gasteiger partial charge is 0.492 e. The first-order valence-corrected chi connectivity index (χ1v) is 6.92. The van der Waals surface area contributed by atoms with Gasteiger partial charge in [-0.05, 0) is 31.5 Å². The standard InChI is InChI=1S/C15H20N4O/c1-3-5-19-15(14-11-16-6-7-18-14)12-8-13(20-4-2)10-17-9-12/h6-11,15,19H,3-5H2,1-2H3. The monoisotopic (exact) mass is 272 g/mol. The van der Waals surface area contributed by atoms with Crippen molar-refractivity contribution < 1.29 is 4.74 Å². The lowest BCUT2D eigenvalue weighted by molar-refractivity contribution is 0.338. The maximum absolute atomic E-state index is 5.51. The Bertz CT molecular complexity index is 518. The summed E-state index contributed by atoms with van der Waals surface area (Å²) in [6, 6.07) is 1.98. The van der Waals surface area contributed by atoms with Gasteiger partial charge in [-0.25, -0.2) is 0 Å². The second kappa shape index (κ2) is 7.55. The van der Waals surface area contributed by atoms with E-state index in [-0.39, 0.29) is 6.04 Å². The Morgan fingerprint density at radius 3 is 2.75 bits per heavy atom. The third kappa shape index (κ3) is 3.74. The first-order chi connectivity index (χ1) is 9.85. The highest BCUT2D eigenvalue weighted by atomic mass is 16.5. The van der Waals surface area contributed by atoms with Crippen LogP contribution in [0, 0.1) is 0 Å². The molecule has 1 atom stereocenters. The highest BCUT2D eigenvalue weighted by molar-refractivity contribution is 5.30. The van der Waals surface area contributed by atoms with Crippen molar-refractivity contribution in [3.8, 4) is 5.75 Å². The fraction of sp³-hybridized carbons (Fsp3) is 0.400. The molecule has 1 N–H and O–H groups in total. The van der Waals surface area contributed by atoms with Crippen LogP contribution in [0.3, 0.4) is 0 Å². The third-order valence-corrected chi connectivity index (χ3v) is 2.86. The average Bonchev–Trinajstić information content (AvgIpc) is 2.50. The fourth-order valence-electron chi connectivity index (χ4n) is 1.98. The summed E-state index contributed by atoms with van der Waals surface area (Å²) >= 11 is 0. The van der Waals surface area contributed by atoms with E-state index in [1.165, 1.54) is 0 Å². The van der Waals surface area contributed by atoms with Crippen molar-refractivity contribution in [1.29, 1.82) is 0 Å². The van der Waals surface area contributed by atoms with Crippen molar-refractivity contribution in [2.75, 3.05) is 13.2 Å². The molecule has 0 aliphatic heterocycles. The van der Waals surface area contributed by atoms with E-state index >= 15 is 0 Å². The van der Waals surface area contributed by atoms with Crippen LogP contribution in [0.1, 0.15) is 37.6 Å². The van der Waals surface area contributed by atoms with Gasteiger partial charge in [0.1, 0.15) is 5.75 Å². The Morgan fingerprint density at radius 2 is 2.05 bits per heavy atom. The molecule has 0 bridgehead atoms. The Hall–Kier alpha value is -2.01. The van der Waals surface area contributed by atoms with Crippen LogP contribution < -0.4 is 10.1 Å². The van der Waals surface area contributed by atoms with Crippen molar-refractivity contribution in [1.82, 2.24) is 20.3 Å². The second-order valence-electron chi connectivity index (χ2n) is 4.40. The Kier molecular flexibility index (Phi) is 5.43. The van der Waals surface area contributed by atoms with Gasteiger partial charge in [-0.2, -0.15) is 0 Å². The lowest BCUT2D eigenvalue weighted by Crippen LogP contribution is -2.24. The SMILES string of the molecule is CCCNC(c1cncc(OCC)c1)c1cnccn1. The molecule has 2 rings (SSSR count). The number of hydrogen-bond acceptors (Lipinski definition) is 5. The van der Waals surface area contributed by atoms with E-state index in [4.69, 9.17) is 4.74 Å². The number of hydrogen-bond donors (Lipinski definition) is 1. The molecule has 5 nitrogen and oxygen atoms in total. The van der Waals surface area contributed by atoms with Gasteiger partial charge in [0.2, 0.25) is 0 Å². The van der Waals surface area contributed by atoms with Crippen molar-refractivity contribution in [2.24, 2.45) is 0 Å². The van der Waals surface area contributed by atoms with Crippen molar-refractivity contribution in [3.63, 3.8) is 0 Å². The normalized spacial score (nSPS) is 12.1. The third-order valence-electron chi connectivity index (χ3n) is 2.86. The number of nitrogens with one attached hydrogen (secondary N) is 1. The van der Waals surface area contributed by atoms with Crippen LogP contribution in [0.15, 0.2) is 37.1 Å². The summed E-state index contributed by atoms with van der Waals surface area (Å²) < 4.78 is 5.51. The van der Waals surface area contributed by atoms with E-state index in [1.807, 2.05) is 19.2 Å². The van der Waals surface area contributed by atoms with Crippen LogP contribution in [-0.2, 0) is 0 Å². The zero-order valence-corrected chi connectivity index (χ0v) is 11.9. The van der Waals surface area contributed by atoms with Crippen molar-refractivity contribution in [2.45, 2.75) is 26.3 Å². The molecule has 2 heterocycles. The number of rotatable bonds is 7. The Balaban J connectivity index is 2.28. The van der Waals surface area contributed by atoms with Gasteiger partial charge in [-0.15, -0.1) is 0 Å². The van der Waals surface area contributed by atoms with Crippen LogP contribution in [0.5, 0.6) is 5.75 Å². The van der Waals surface area contributed by atoms with Gasteiger partial charge in [0, 0.05) is 18.6 Å².